The van der Waals surface area contributed by atoms with E-state index in [2.05, 4.69) is 79.7 Å². The molecule has 26 heavy (non-hydrogen) atoms. The van der Waals surface area contributed by atoms with E-state index in [1.165, 1.54) is 33.2 Å². The van der Waals surface area contributed by atoms with Gasteiger partial charge in [0.05, 0.1) is 0 Å². The van der Waals surface area contributed by atoms with Crippen LogP contribution in [0.3, 0.4) is 0 Å². The van der Waals surface area contributed by atoms with Gasteiger partial charge in [-0.05, 0) is 36.5 Å². The lowest BCUT2D eigenvalue weighted by Crippen LogP contribution is -2.26. The molecule has 136 valence electrons. The summed E-state index contributed by atoms with van der Waals surface area (Å²) in [4.78, 5) is 15.9. The van der Waals surface area contributed by atoms with E-state index >= 15 is 0 Å². The number of rotatable bonds is 7. The molecule has 1 atom stereocenters. The van der Waals surface area contributed by atoms with Gasteiger partial charge in [0.2, 0.25) is 5.91 Å². The van der Waals surface area contributed by atoms with Gasteiger partial charge in [0.15, 0.2) is 0 Å². The number of hydrogen-bond donors (Lipinski definition) is 2. The molecule has 3 aromatic rings. The van der Waals surface area contributed by atoms with Crippen molar-refractivity contribution in [3.8, 4) is 0 Å². The van der Waals surface area contributed by atoms with Crippen molar-refractivity contribution in [2.75, 3.05) is 6.54 Å². The molecule has 2 N–H and O–H groups in total. The van der Waals surface area contributed by atoms with Crippen LogP contribution < -0.4 is 5.32 Å². The number of aromatic nitrogens is 1. The van der Waals surface area contributed by atoms with Gasteiger partial charge in [0.25, 0.3) is 0 Å². The Kier molecular flexibility index (Phi) is 5.77. The lowest BCUT2D eigenvalue weighted by atomic mass is 9.87. The third-order valence-electron chi connectivity index (χ3n) is 5.03. The molecule has 3 nitrogen and oxygen atoms in total. The molecular formula is C23H28N2O. The number of aromatic amines is 1. The molecule has 0 aliphatic heterocycles. The van der Waals surface area contributed by atoms with Crippen LogP contribution in [0.5, 0.6) is 0 Å². The summed E-state index contributed by atoms with van der Waals surface area (Å²) in [5.74, 6) is 0.159. The highest BCUT2D eigenvalue weighted by Crippen LogP contribution is 2.34. The van der Waals surface area contributed by atoms with Crippen LogP contribution in [0.25, 0.3) is 10.9 Å². The molecule has 0 spiro atoms. The molecule has 0 aliphatic rings. The monoisotopic (exact) mass is 348 g/mol. The first-order valence-corrected chi connectivity index (χ1v) is 9.56. The Labute approximate surface area is 155 Å². The van der Waals surface area contributed by atoms with Gasteiger partial charge in [-0.2, -0.15) is 0 Å². The van der Waals surface area contributed by atoms with Gasteiger partial charge in [0, 0.05) is 36.0 Å². The third-order valence-corrected chi connectivity index (χ3v) is 5.03. The summed E-state index contributed by atoms with van der Waals surface area (Å²) >= 11 is 0. The van der Waals surface area contributed by atoms with Crippen molar-refractivity contribution in [3.63, 3.8) is 0 Å². The summed E-state index contributed by atoms with van der Waals surface area (Å²) in [6, 6.07) is 15.0. The van der Waals surface area contributed by atoms with Gasteiger partial charge in [-0.1, -0.05) is 61.9 Å². The number of fused-ring (bicyclic) bond motifs is 1. The Morgan fingerprint density at radius 1 is 1.12 bits per heavy atom. The van der Waals surface area contributed by atoms with Crippen LogP contribution in [-0.2, 0) is 11.2 Å². The minimum absolute atomic E-state index is 0.0494. The number of amides is 1. The Bertz CT molecular complexity index is 877. The second kappa shape index (κ2) is 8.22. The zero-order valence-corrected chi connectivity index (χ0v) is 15.9. The summed E-state index contributed by atoms with van der Waals surface area (Å²) in [6.07, 6.45) is 4.49. The summed E-state index contributed by atoms with van der Waals surface area (Å²) in [6.45, 7) is 7.06. The van der Waals surface area contributed by atoms with Gasteiger partial charge in [0.1, 0.15) is 0 Å². The van der Waals surface area contributed by atoms with Gasteiger partial charge in [-0.25, -0.2) is 0 Å². The number of carbonyl (C=O) groups is 1. The molecule has 1 amide bonds. The highest BCUT2D eigenvalue weighted by atomic mass is 16.1. The third kappa shape index (κ3) is 3.82. The number of benzene rings is 2. The molecule has 0 radical (unpaired) electrons. The van der Waals surface area contributed by atoms with E-state index in [1.807, 2.05) is 0 Å². The van der Waals surface area contributed by atoms with Crippen LogP contribution in [0, 0.1) is 6.92 Å². The van der Waals surface area contributed by atoms with E-state index in [4.69, 9.17) is 0 Å². The Hall–Kier alpha value is -2.55. The van der Waals surface area contributed by atoms with Crippen LogP contribution in [0.4, 0.5) is 0 Å². The summed E-state index contributed by atoms with van der Waals surface area (Å²) in [5.41, 5.74) is 6.12. The lowest BCUT2D eigenvalue weighted by Gasteiger charge is -2.17. The van der Waals surface area contributed by atoms with Crippen molar-refractivity contribution in [2.24, 2.45) is 0 Å². The summed E-state index contributed by atoms with van der Waals surface area (Å²) in [5, 5.41) is 4.25. The van der Waals surface area contributed by atoms with E-state index < -0.39 is 0 Å². The fourth-order valence-corrected chi connectivity index (χ4v) is 3.55. The van der Waals surface area contributed by atoms with Crippen LogP contribution >= 0.6 is 0 Å². The van der Waals surface area contributed by atoms with E-state index in [-0.39, 0.29) is 11.8 Å². The van der Waals surface area contributed by atoms with Gasteiger partial charge < -0.3 is 10.3 Å². The predicted molar refractivity (Wildman–Crippen MR) is 109 cm³/mol. The van der Waals surface area contributed by atoms with Crippen molar-refractivity contribution >= 4 is 16.8 Å². The molecule has 1 aromatic heterocycles. The molecule has 0 saturated heterocycles. The van der Waals surface area contributed by atoms with Crippen LogP contribution in [0.1, 0.15) is 54.9 Å². The fourth-order valence-electron chi connectivity index (χ4n) is 3.55. The smallest absolute Gasteiger partial charge is 0.220 e. The topological polar surface area (TPSA) is 44.9 Å². The SMILES string of the molecule is CCCNC(=O)C[C@H](c1ccc(C)cc1)c1c[nH]c2c(CC)cccc12. The zero-order valence-electron chi connectivity index (χ0n) is 15.9. The van der Waals surface area contributed by atoms with Crippen molar-refractivity contribution < 1.29 is 4.79 Å². The van der Waals surface area contributed by atoms with Gasteiger partial charge >= 0.3 is 0 Å². The molecule has 1 heterocycles. The average Bonchev–Trinajstić information content (AvgIpc) is 3.09. The number of aryl methyl sites for hydroxylation is 2. The highest BCUT2D eigenvalue weighted by molar-refractivity contribution is 5.88. The molecular weight excluding hydrogens is 320 g/mol. The Morgan fingerprint density at radius 2 is 1.88 bits per heavy atom. The first-order valence-electron chi connectivity index (χ1n) is 9.56. The second-order valence-electron chi connectivity index (χ2n) is 6.95. The minimum Gasteiger partial charge on any atom is -0.361 e. The van der Waals surface area contributed by atoms with Crippen molar-refractivity contribution in [1.29, 1.82) is 0 Å². The van der Waals surface area contributed by atoms with E-state index in [0.717, 1.165) is 19.4 Å². The standard InChI is InChI=1S/C23H28N2O/c1-4-13-24-22(26)14-20(18-11-9-16(3)10-12-18)21-15-25-23-17(5-2)7-6-8-19(21)23/h6-12,15,20,25H,4-5,13-14H2,1-3H3,(H,24,26)/t20-/m1/s1. The number of hydrogen-bond acceptors (Lipinski definition) is 1. The summed E-state index contributed by atoms with van der Waals surface area (Å²) < 4.78 is 0. The molecule has 0 aliphatic carbocycles. The first-order chi connectivity index (χ1) is 12.6. The largest absolute Gasteiger partial charge is 0.361 e. The van der Waals surface area contributed by atoms with Crippen LogP contribution in [0.2, 0.25) is 0 Å². The Balaban J connectivity index is 2.03. The number of H-pyrrole nitrogens is 1. The maximum absolute atomic E-state index is 12.5. The predicted octanol–water partition coefficient (Wildman–Crippen LogP) is 5.09. The quantitative estimate of drug-likeness (QED) is 0.614. The zero-order chi connectivity index (χ0) is 18.5. The molecule has 0 unspecified atom stereocenters. The molecule has 0 bridgehead atoms. The molecule has 3 heteroatoms. The molecule has 0 saturated carbocycles. The lowest BCUT2D eigenvalue weighted by molar-refractivity contribution is -0.121. The molecule has 3 rings (SSSR count). The van der Waals surface area contributed by atoms with Gasteiger partial charge in [-0.3, -0.25) is 4.79 Å². The molecule has 2 aromatic carbocycles. The van der Waals surface area contributed by atoms with Crippen molar-refractivity contribution in [3.05, 3.63) is 70.9 Å². The number of nitrogens with one attached hydrogen (secondary N) is 2. The normalized spacial score (nSPS) is 12.3. The van der Waals surface area contributed by atoms with Gasteiger partial charge in [-0.15, -0.1) is 0 Å². The van der Waals surface area contributed by atoms with E-state index in [1.54, 1.807) is 0 Å². The highest BCUT2D eigenvalue weighted by Gasteiger charge is 2.21. The minimum atomic E-state index is 0.0494. The number of para-hydroxylation sites is 1. The maximum Gasteiger partial charge on any atom is 0.220 e. The Morgan fingerprint density at radius 3 is 2.58 bits per heavy atom. The van der Waals surface area contributed by atoms with Crippen molar-refractivity contribution in [1.82, 2.24) is 10.3 Å². The maximum atomic E-state index is 12.5. The number of carbonyl (C=O) groups excluding carboxylic acids is 1. The first kappa shape index (κ1) is 18.2. The fraction of sp³-hybridized carbons (Fsp3) is 0.348. The molecule has 0 fully saturated rings. The van der Waals surface area contributed by atoms with Crippen LogP contribution in [-0.4, -0.2) is 17.4 Å². The second-order valence-corrected chi connectivity index (χ2v) is 6.95. The van der Waals surface area contributed by atoms with E-state index in [9.17, 15) is 4.79 Å². The average molecular weight is 348 g/mol. The summed E-state index contributed by atoms with van der Waals surface area (Å²) in [7, 11) is 0. The van der Waals surface area contributed by atoms with Crippen molar-refractivity contribution in [2.45, 2.75) is 46.0 Å². The van der Waals surface area contributed by atoms with E-state index in [0.29, 0.717) is 6.42 Å². The van der Waals surface area contributed by atoms with Crippen LogP contribution in [0.15, 0.2) is 48.7 Å².